The number of halogens is 1. The molecule has 184 valence electrons. The van der Waals surface area contributed by atoms with Crippen LogP contribution < -0.4 is 0 Å². The normalized spacial score (nSPS) is 18.0. The van der Waals surface area contributed by atoms with Gasteiger partial charge in [0.25, 0.3) is 5.91 Å². The molecule has 0 bridgehead atoms. The first kappa shape index (κ1) is 24.0. The molecule has 0 radical (unpaired) electrons. The summed E-state index contributed by atoms with van der Waals surface area (Å²) in [4.78, 5) is 19.6. The van der Waals surface area contributed by atoms with Gasteiger partial charge in [-0.15, -0.1) is 0 Å². The fourth-order valence-corrected chi connectivity index (χ4v) is 6.22. The number of hydrogen-bond donors (Lipinski definition) is 0. The van der Waals surface area contributed by atoms with Crippen molar-refractivity contribution in [1.29, 1.82) is 0 Å². The Balaban J connectivity index is 1.47. The van der Waals surface area contributed by atoms with E-state index in [0.29, 0.717) is 35.0 Å². The number of carbonyl (C=O) groups excluding carboxylic acids is 1. The lowest BCUT2D eigenvalue weighted by Crippen LogP contribution is -2.34. The van der Waals surface area contributed by atoms with Gasteiger partial charge < -0.3 is 14.2 Å². The number of sulfone groups is 1. The second-order valence-corrected chi connectivity index (χ2v) is 11.5. The van der Waals surface area contributed by atoms with Crippen LogP contribution in [0.5, 0.6) is 0 Å². The predicted octanol–water partition coefficient (Wildman–Crippen LogP) is 4.49. The molecule has 2 heterocycles. The SMILES string of the molecule is O=C(c1cccc(Cl)c1)N(Cc1cnc(S(=O)(=O)Cc2ccccc2)n1C[C@@H]1CCCO1)C1CC1. The van der Waals surface area contributed by atoms with E-state index in [-0.39, 0.29) is 35.5 Å². The van der Waals surface area contributed by atoms with Crippen molar-refractivity contribution in [2.45, 2.75) is 61.8 Å². The number of benzene rings is 2. The average molecular weight is 514 g/mol. The number of aromatic nitrogens is 2. The lowest BCUT2D eigenvalue weighted by Gasteiger charge is -2.24. The van der Waals surface area contributed by atoms with Crippen molar-refractivity contribution >= 4 is 27.3 Å². The van der Waals surface area contributed by atoms with Gasteiger partial charge in [-0.3, -0.25) is 4.79 Å². The summed E-state index contributed by atoms with van der Waals surface area (Å²) in [5, 5.41) is 0.530. The molecule has 2 aromatic carbocycles. The Labute approximate surface area is 210 Å². The zero-order valence-electron chi connectivity index (χ0n) is 19.3. The monoisotopic (exact) mass is 513 g/mol. The third-order valence-electron chi connectivity index (χ3n) is 6.44. The van der Waals surface area contributed by atoms with Gasteiger partial charge in [0.05, 0.1) is 36.8 Å². The van der Waals surface area contributed by atoms with E-state index in [2.05, 4.69) is 4.98 Å². The second kappa shape index (κ2) is 10.1. The van der Waals surface area contributed by atoms with Crippen LogP contribution in [0.15, 0.2) is 66.0 Å². The summed E-state index contributed by atoms with van der Waals surface area (Å²) in [6, 6.07) is 16.1. The van der Waals surface area contributed by atoms with Gasteiger partial charge in [-0.2, -0.15) is 0 Å². The van der Waals surface area contributed by atoms with Crippen molar-refractivity contribution in [2.75, 3.05) is 6.61 Å². The van der Waals surface area contributed by atoms with Crippen molar-refractivity contribution in [2.24, 2.45) is 0 Å². The number of hydrogen-bond acceptors (Lipinski definition) is 5. The van der Waals surface area contributed by atoms with Crippen molar-refractivity contribution in [3.05, 3.63) is 82.6 Å². The number of imidazole rings is 1. The number of carbonyl (C=O) groups is 1. The molecular weight excluding hydrogens is 486 g/mol. The van der Waals surface area contributed by atoms with E-state index in [1.807, 2.05) is 23.1 Å². The van der Waals surface area contributed by atoms with Crippen LogP contribution in [0.25, 0.3) is 0 Å². The van der Waals surface area contributed by atoms with Gasteiger partial charge in [0, 0.05) is 23.2 Å². The van der Waals surface area contributed by atoms with E-state index >= 15 is 0 Å². The first-order chi connectivity index (χ1) is 16.9. The molecule has 1 aromatic heterocycles. The topological polar surface area (TPSA) is 81.5 Å². The Bertz CT molecular complexity index is 1300. The molecule has 2 fully saturated rings. The highest BCUT2D eigenvalue weighted by atomic mass is 35.5. The Morgan fingerprint density at radius 1 is 1.11 bits per heavy atom. The summed E-state index contributed by atoms with van der Waals surface area (Å²) < 4.78 is 34.4. The highest BCUT2D eigenvalue weighted by Crippen LogP contribution is 2.31. The molecule has 35 heavy (non-hydrogen) atoms. The molecule has 7 nitrogen and oxygen atoms in total. The van der Waals surface area contributed by atoms with Gasteiger partial charge in [0.1, 0.15) is 0 Å². The van der Waals surface area contributed by atoms with E-state index in [0.717, 1.165) is 25.7 Å². The Hall–Kier alpha value is -2.68. The minimum absolute atomic E-state index is 0.0257. The number of amides is 1. The highest BCUT2D eigenvalue weighted by molar-refractivity contribution is 7.90. The zero-order valence-corrected chi connectivity index (χ0v) is 20.9. The molecule has 1 atom stereocenters. The molecule has 3 aromatic rings. The van der Waals surface area contributed by atoms with Crippen LogP contribution in [-0.4, -0.2) is 47.5 Å². The fourth-order valence-electron chi connectivity index (χ4n) is 4.53. The summed E-state index contributed by atoms with van der Waals surface area (Å²) in [6.45, 7) is 1.33. The Kier molecular flexibility index (Phi) is 6.95. The lowest BCUT2D eigenvalue weighted by molar-refractivity contribution is 0.0718. The summed E-state index contributed by atoms with van der Waals surface area (Å²) >= 11 is 6.12. The standard InChI is InChI=1S/C26H28ClN3O4S/c27-21-9-4-8-20(14-21)25(31)29(22-11-12-22)16-23-15-28-26(30(23)17-24-10-5-13-34-24)35(32,33)18-19-6-2-1-3-7-19/h1-4,6-9,14-15,22,24H,5,10-13,16-18H2/t24-/m0/s1. The first-order valence-electron chi connectivity index (χ1n) is 11.9. The lowest BCUT2D eigenvalue weighted by atomic mass is 10.2. The molecule has 9 heteroatoms. The molecule has 0 N–H and O–H groups in total. The van der Waals surface area contributed by atoms with Crippen LogP contribution in [-0.2, 0) is 33.4 Å². The quantitative estimate of drug-likeness (QED) is 0.421. The summed E-state index contributed by atoms with van der Waals surface area (Å²) in [5.74, 6) is -0.252. The number of rotatable bonds is 9. The summed E-state index contributed by atoms with van der Waals surface area (Å²) in [7, 11) is -3.71. The van der Waals surface area contributed by atoms with Crippen molar-refractivity contribution in [3.63, 3.8) is 0 Å². The van der Waals surface area contributed by atoms with Crippen molar-refractivity contribution in [1.82, 2.24) is 14.5 Å². The maximum atomic E-state index is 13.4. The number of ether oxygens (including phenoxy) is 1. The molecular formula is C26H28ClN3O4S. The van der Waals surface area contributed by atoms with Gasteiger partial charge in [0.15, 0.2) is 0 Å². The molecule has 5 rings (SSSR count). The first-order valence-corrected chi connectivity index (χ1v) is 13.9. The van der Waals surface area contributed by atoms with Crippen LogP contribution >= 0.6 is 11.6 Å². The van der Waals surface area contributed by atoms with Gasteiger partial charge in [-0.25, -0.2) is 13.4 Å². The molecule has 2 aliphatic rings. The molecule has 1 saturated heterocycles. The van der Waals surface area contributed by atoms with Crippen LogP contribution in [0, 0.1) is 0 Å². The molecule has 1 saturated carbocycles. The Morgan fingerprint density at radius 3 is 2.60 bits per heavy atom. The van der Waals surface area contributed by atoms with Gasteiger partial charge in [-0.1, -0.05) is 48.0 Å². The summed E-state index contributed by atoms with van der Waals surface area (Å²) in [5.41, 5.74) is 1.91. The molecule has 0 unspecified atom stereocenters. The second-order valence-electron chi connectivity index (χ2n) is 9.20. The zero-order chi connectivity index (χ0) is 24.4. The van der Waals surface area contributed by atoms with E-state index in [4.69, 9.17) is 16.3 Å². The minimum Gasteiger partial charge on any atom is -0.376 e. The fraction of sp³-hybridized carbons (Fsp3) is 0.385. The van der Waals surface area contributed by atoms with Crippen LogP contribution in [0.3, 0.4) is 0 Å². The van der Waals surface area contributed by atoms with Crippen LogP contribution in [0.4, 0.5) is 0 Å². The maximum absolute atomic E-state index is 13.4. The van der Waals surface area contributed by atoms with Crippen molar-refractivity contribution < 1.29 is 17.9 Å². The van der Waals surface area contributed by atoms with Gasteiger partial charge in [-0.05, 0) is 49.4 Å². The molecule has 0 spiro atoms. The predicted molar refractivity (Wildman–Crippen MR) is 133 cm³/mol. The average Bonchev–Trinajstić information content (AvgIpc) is 3.39. The largest absolute Gasteiger partial charge is 0.376 e. The third kappa shape index (κ3) is 5.60. The summed E-state index contributed by atoms with van der Waals surface area (Å²) in [6.07, 6.45) is 5.17. The molecule has 1 aliphatic heterocycles. The van der Waals surface area contributed by atoms with E-state index in [1.54, 1.807) is 47.2 Å². The van der Waals surface area contributed by atoms with E-state index < -0.39 is 9.84 Å². The molecule has 1 aliphatic carbocycles. The molecule has 1 amide bonds. The smallest absolute Gasteiger partial charge is 0.254 e. The minimum atomic E-state index is -3.71. The maximum Gasteiger partial charge on any atom is 0.254 e. The van der Waals surface area contributed by atoms with E-state index in [9.17, 15) is 13.2 Å². The number of nitrogens with zero attached hydrogens (tertiary/aromatic N) is 3. The third-order valence-corrected chi connectivity index (χ3v) is 8.27. The van der Waals surface area contributed by atoms with Crippen molar-refractivity contribution in [3.8, 4) is 0 Å². The highest BCUT2D eigenvalue weighted by Gasteiger charge is 2.35. The Morgan fingerprint density at radius 2 is 1.91 bits per heavy atom. The van der Waals surface area contributed by atoms with Crippen LogP contribution in [0.1, 0.15) is 47.3 Å². The van der Waals surface area contributed by atoms with Crippen LogP contribution in [0.2, 0.25) is 5.02 Å². The van der Waals surface area contributed by atoms with Gasteiger partial charge in [0.2, 0.25) is 15.0 Å². The van der Waals surface area contributed by atoms with Gasteiger partial charge >= 0.3 is 0 Å². The van der Waals surface area contributed by atoms with E-state index in [1.165, 1.54) is 0 Å².